The van der Waals surface area contributed by atoms with Crippen LogP contribution in [0, 0.1) is 5.82 Å². The van der Waals surface area contributed by atoms with Crippen molar-refractivity contribution in [2.75, 3.05) is 0 Å². The van der Waals surface area contributed by atoms with Crippen LogP contribution in [-0.4, -0.2) is 28.0 Å². The van der Waals surface area contributed by atoms with Gasteiger partial charge in [0.05, 0.1) is 11.8 Å². The lowest BCUT2D eigenvalue weighted by Crippen LogP contribution is -2.41. The Kier molecular flexibility index (Phi) is 3.83. The molecule has 17 heavy (non-hydrogen) atoms. The zero-order valence-electron chi connectivity index (χ0n) is 10.0. The number of nitrogens with zero attached hydrogens (tertiary/aromatic N) is 2. The number of hydrogen-bond donors (Lipinski definition) is 1. The SMILES string of the molecule is CC(C)(C)N(N=Cc1ccc(F)cc1)C(=O)O. The van der Waals surface area contributed by atoms with E-state index in [0.29, 0.717) is 5.56 Å². The molecule has 4 nitrogen and oxygen atoms in total. The molecule has 0 spiro atoms. The molecule has 1 amide bonds. The van der Waals surface area contributed by atoms with E-state index >= 15 is 0 Å². The summed E-state index contributed by atoms with van der Waals surface area (Å²) in [7, 11) is 0. The van der Waals surface area contributed by atoms with Crippen molar-refractivity contribution in [2.24, 2.45) is 5.10 Å². The largest absolute Gasteiger partial charge is 0.464 e. The van der Waals surface area contributed by atoms with Crippen LogP contribution in [0.25, 0.3) is 0 Å². The molecule has 0 bridgehead atoms. The van der Waals surface area contributed by atoms with Crippen LogP contribution in [0.5, 0.6) is 0 Å². The minimum absolute atomic E-state index is 0.340. The molecule has 0 aliphatic carbocycles. The van der Waals surface area contributed by atoms with Gasteiger partial charge in [0.2, 0.25) is 0 Å². The number of rotatable bonds is 2. The van der Waals surface area contributed by atoms with Gasteiger partial charge in [-0.2, -0.15) is 10.1 Å². The first-order valence-corrected chi connectivity index (χ1v) is 5.13. The Hall–Kier alpha value is -1.91. The molecule has 0 aliphatic rings. The molecule has 0 unspecified atom stereocenters. The molecular formula is C12H15FN2O2. The number of halogens is 1. The first-order chi connectivity index (χ1) is 7.80. The summed E-state index contributed by atoms with van der Waals surface area (Å²) in [5, 5.41) is 13.8. The Morgan fingerprint density at radius 2 is 1.88 bits per heavy atom. The smallest absolute Gasteiger partial charge is 0.428 e. The summed E-state index contributed by atoms with van der Waals surface area (Å²) in [5.74, 6) is -0.340. The van der Waals surface area contributed by atoms with Gasteiger partial charge in [0, 0.05) is 0 Å². The molecule has 0 aromatic heterocycles. The van der Waals surface area contributed by atoms with Gasteiger partial charge in [-0.25, -0.2) is 9.18 Å². The van der Waals surface area contributed by atoms with Crippen LogP contribution >= 0.6 is 0 Å². The molecule has 0 radical (unpaired) electrons. The van der Waals surface area contributed by atoms with E-state index in [1.165, 1.54) is 30.5 Å². The van der Waals surface area contributed by atoms with Crippen LogP contribution in [-0.2, 0) is 0 Å². The van der Waals surface area contributed by atoms with Crippen molar-refractivity contribution in [2.45, 2.75) is 26.3 Å². The van der Waals surface area contributed by atoms with Gasteiger partial charge >= 0.3 is 6.09 Å². The van der Waals surface area contributed by atoms with Crippen LogP contribution in [0.4, 0.5) is 9.18 Å². The fourth-order valence-corrected chi connectivity index (χ4v) is 1.18. The molecule has 0 saturated carbocycles. The number of carbonyl (C=O) groups is 1. The van der Waals surface area contributed by atoms with Crippen molar-refractivity contribution < 1.29 is 14.3 Å². The van der Waals surface area contributed by atoms with E-state index < -0.39 is 11.6 Å². The Morgan fingerprint density at radius 1 is 1.35 bits per heavy atom. The van der Waals surface area contributed by atoms with E-state index in [9.17, 15) is 9.18 Å². The van der Waals surface area contributed by atoms with Crippen LogP contribution < -0.4 is 0 Å². The molecule has 0 saturated heterocycles. The minimum atomic E-state index is -1.13. The Balaban J connectivity index is 2.87. The second-order valence-corrected chi connectivity index (χ2v) is 4.56. The third-order valence-corrected chi connectivity index (χ3v) is 2.01. The maximum absolute atomic E-state index is 12.7. The van der Waals surface area contributed by atoms with Crippen molar-refractivity contribution >= 4 is 12.3 Å². The summed E-state index contributed by atoms with van der Waals surface area (Å²) < 4.78 is 12.7. The topological polar surface area (TPSA) is 52.9 Å². The first kappa shape index (κ1) is 13.2. The zero-order chi connectivity index (χ0) is 13.1. The predicted octanol–water partition coefficient (Wildman–Crippen LogP) is 2.94. The van der Waals surface area contributed by atoms with E-state index in [2.05, 4.69) is 5.10 Å². The molecule has 0 fully saturated rings. The van der Waals surface area contributed by atoms with Gasteiger partial charge in [-0.1, -0.05) is 12.1 Å². The summed E-state index contributed by atoms with van der Waals surface area (Å²) >= 11 is 0. The molecule has 0 heterocycles. The van der Waals surface area contributed by atoms with E-state index in [4.69, 9.17) is 5.11 Å². The third kappa shape index (κ3) is 3.86. The lowest BCUT2D eigenvalue weighted by atomic mass is 10.1. The number of hydrazone groups is 1. The number of benzene rings is 1. The second-order valence-electron chi connectivity index (χ2n) is 4.56. The first-order valence-electron chi connectivity index (χ1n) is 5.13. The van der Waals surface area contributed by atoms with Crippen LogP contribution in [0.15, 0.2) is 29.4 Å². The van der Waals surface area contributed by atoms with Crippen molar-refractivity contribution in [3.05, 3.63) is 35.6 Å². The molecule has 1 rings (SSSR count). The lowest BCUT2D eigenvalue weighted by molar-refractivity contribution is 0.103. The maximum Gasteiger partial charge on any atom is 0.428 e. The molecule has 1 aromatic carbocycles. The highest BCUT2D eigenvalue weighted by atomic mass is 19.1. The van der Waals surface area contributed by atoms with Crippen LogP contribution in [0.2, 0.25) is 0 Å². The van der Waals surface area contributed by atoms with E-state index in [1.807, 2.05) is 0 Å². The Bertz CT molecular complexity index is 421. The molecule has 0 atom stereocenters. The van der Waals surface area contributed by atoms with Crippen molar-refractivity contribution in [1.82, 2.24) is 5.01 Å². The highest BCUT2D eigenvalue weighted by Crippen LogP contribution is 2.13. The third-order valence-electron chi connectivity index (χ3n) is 2.01. The normalized spacial score (nSPS) is 11.8. The summed E-state index contributed by atoms with van der Waals surface area (Å²) in [6, 6.07) is 5.65. The van der Waals surface area contributed by atoms with Gasteiger partial charge < -0.3 is 5.11 Å². The Labute approximate surface area is 99.4 Å². The number of hydrogen-bond acceptors (Lipinski definition) is 2. The summed E-state index contributed by atoms with van der Waals surface area (Å²) in [4.78, 5) is 11.0. The fourth-order valence-electron chi connectivity index (χ4n) is 1.18. The van der Waals surface area contributed by atoms with Crippen LogP contribution in [0.1, 0.15) is 26.3 Å². The minimum Gasteiger partial charge on any atom is -0.464 e. The second kappa shape index (κ2) is 4.95. The van der Waals surface area contributed by atoms with E-state index in [0.717, 1.165) is 5.01 Å². The van der Waals surface area contributed by atoms with E-state index in [1.54, 1.807) is 20.8 Å². The van der Waals surface area contributed by atoms with Gasteiger partial charge in [-0.15, -0.1) is 0 Å². The Morgan fingerprint density at radius 3 is 2.29 bits per heavy atom. The number of carboxylic acid groups (broad SMARTS) is 1. The van der Waals surface area contributed by atoms with Gasteiger partial charge in [0.15, 0.2) is 0 Å². The standard InChI is InChI=1S/C12H15FN2O2/c1-12(2,3)15(11(16)17)14-8-9-4-6-10(13)7-5-9/h4-8H,1-3H3,(H,16,17). The molecule has 1 aromatic rings. The predicted molar refractivity (Wildman–Crippen MR) is 63.6 cm³/mol. The van der Waals surface area contributed by atoms with Crippen molar-refractivity contribution in [3.8, 4) is 0 Å². The van der Waals surface area contributed by atoms with Crippen molar-refractivity contribution in [3.63, 3.8) is 0 Å². The summed E-state index contributed by atoms with van der Waals surface area (Å²) in [5.41, 5.74) is 0.0180. The maximum atomic E-state index is 12.7. The molecule has 5 heteroatoms. The van der Waals surface area contributed by atoms with Gasteiger partial charge in [0.25, 0.3) is 0 Å². The molecular weight excluding hydrogens is 223 g/mol. The quantitative estimate of drug-likeness (QED) is 0.636. The zero-order valence-corrected chi connectivity index (χ0v) is 10.0. The highest BCUT2D eigenvalue weighted by Gasteiger charge is 2.25. The van der Waals surface area contributed by atoms with Crippen LogP contribution in [0.3, 0.4) is 0 Å². The average molecular weight is 238 g/mol. The number of amides is 1. The highest BCUT2D eigenvalue weighted by molar-refractivity contribution is 5.80. The fraction of sp³-hybridized carbons (Fsp3) is 0.333. The van der Waals surface area contributed by atoms with E-state index in [-0.39, 0.29) is 5.82 Å². The average Bonchev–Trinajstić information content (AvgIpc) is 2.18. The lowest BCUT2D eigenvalue weighted by Gasteiger charge is -2.27. The molecule has 1 N–H and O–H groups in total. The van der Waals surface area contributed by atoms with Gasteiger partial charge in [-0.3, -0.25) is 0 Å². The van der Waals surface area contributed by atoms with Crippen molar-refractivity contribution in [1.29, 1.82) is 0 Å². The van der Waals surface area contributed by atoms with Gasteiger partial charge in [-0.05, 0) is 38.5 Å². The molecule has 92 valence electrons. The summed E-state index contributed by atoms with van der Waals surface area (Å²) in [6.07, 6.45) is 0.259. The molecule has 0 aliphatic heterocycles. The summed E-state index contributed by atoms with van der Waals surface area (Å²) in [6.45, 7) is 5.22. The monoisotopic (exact) mass is 238 g/mol. The van der Waals surface area contributed by atoms with Gasteiger partial charge in [0.1, 0.15) is 5.82 Å².